The van der Waals surface area contributed by atoms with E-state index in [9.17, 15) is 28.2 Å². The molecule has 2 aromatic heterocycles. The fourth-order valence-electron chi connectivity index (χ4n) is 4.09. The van der Waals surface area contributed by atoms with Crippen LogP contribution in [0.3, 0.4) is 0 Å². The molecule has 1 amide bonds. The Kier molecular flexibility index (Phi) is 7.10. The molecule has 9 nitrogen and oxygen atoms in total. The van der Waals surface area contributed by atoms with E-state index in [0.717, 1.165) is 10.2 Å². The molecule has 4 rings (SSSR count). The second-order valence-corrected chi connectivity index (χ2v) is 9.31. The van der Waals surface area contributed by atoms with Gasteiger partial charge in [-0.25, -0.2) is 9.97 Å². The number of aliphatic hydroxyl groups is 2. The number of para-hydroxylation sites is 1. The average Bonchev–Trinajstić information content (AvgIpc) is 3.33. The molecule has 0 radical (unpaired) electrons. The van der Waals surface area contributed by atoms with E-state index < -0.39 is 36.9 Å². The molecular weight excluding hydrogens is 485 g/mol. The molecule has 13 heteroatoms. The average molecular weight is 511 g/mol. The third-order valence-electron chi connectivity index (χ3n) is 5.74. The number of aryl methyl sites for hydroxylation is 1. The van der Waals surface area contributed by atoms with Gasteiger partial charge in [0.2, 0.25) is 11.9 Å². The number of aliphatic hydroxyl groups excluding tert-OH is 2. The Morgan fingerprint density at radius 1 is 1.17 bits per heavy atom. The summed E-state index contributed by atoms with van der Waals surface area (Å²) < 4.78 is 39.2. The minimum Gasteiger partial charge on any atom is -0.390 e. The molecule has 1 aliphatic rings. The van der Waals surface area contributed by atoms with Crippen molar-refractivity contribution in [3.05, 3.63) is 30.0 Å². The zero-order chi connectivity index (χ0) is 25.3. The van der Waals surface area contributed by atoms with Crippen molar-refractivity contribution < 1.29 is 28.2 Å². The van der Waals surface area contributed by atoms with Crippen LogP contribution in [-0.4, -0.2) is 68.6 Å². The predicted molar refractivity (Wildman–Crippen MR) is 126 cm³/mol. The second kappa shape index (κ2) is 9.91. The van der Waals surface area contributed by atoms with Gasteiger partial charge in [-0.3, -0.25) is 4.79 Å². The maximum absolute atomic E-state index is 12.8. The van der Waals surface area contributed by atoms with E-state index in [0.29, 0.717) is 22.8 Å². The van der Waals surface area contributed by atoms with E-state index in [-0.39, 0.29) is 24.1 Å². The van der Waals surface area contributed by atoms with Crippen molar-refractivity contribution in [2.75, 3.05) is 23.7 Å². The van der Waals surface area contributed by atoms with Gasteiger partial charge in [0.15, 0.2) is 0 Å². The molecule has 0 unspecified atom stereocenters. The fourth-order valence-corrected chi connectivity index (χ4v) is 5.15. The molecule has 188 valence electrons. The van der Waals surface area contributed by atoms with Crippen molar-refractivity contribution in [2.24, 2.45) is 5.92 Å². The van der Waals surface area contributed by atoms with Crippen LogP contribution in [0.4, 0.5) is 24.9 Å². The summed E-state index contributed by atoms with van der Waals surface area (Å²) in [5, 5.41) is 29.5. The van der Waals surface area contributed by atoms with E-state index in [4.69, 9.17) is 0 Å². The predicted octanol–water partition coefficient (Wildman–Crippen LogP) is 2.69. The molecule has 2 heterocycles. The minimum absolute atomic E-state index is 0.0990. The third kappa shape index (κ3) is 5.46. The number of halogens is 3. The van der Waals surface area contributed by atoms with Crippen molar-refractivity contribution in [1.82, 2.24) is 20.3 Å². The molecule has 0 spiro atoms. The number of hydrogen-bond donors (Lipinski definition) is 5. The summed E-state index contributed by atoms with van der Waals surface area (Å²) in [5.41, 5.74) is 1.58. The first-order chi connectivity index (χ1) is 16.6. The second-order valence-electron chi connectivity index (χ2n) is 8.28. The molecule has 0 aliphatic heterocycles. The van der Waals surface area contributed by atoms with Crippen LogP contribution in [0.1, 0.15) is 19.0 Å². The van der Waals surface area contributed by atoms with Gasteiger partial charge in [0.1, 0.15) is 23.5 Å². The van der Waals surface area contributed by atoms with Crippen LogP contribution in [0.25, 0.3) is 20.8 Å². The van der Waals surface area contributed by atoms with Crippen LogP contribution in [0, 0.1) is 12.8 Å². The van der Waals surface area contributed by atoms with Gasteiger partial charge in [-0.1, -0.05) is 12.1 Å². The SMILES string of the molecule is CCNC(=O)[C@H]1C[C@@H](Nc2nc(NCC(F)(F)F)nc(C)c2-c2nc3ccccc3s2)[C@H](O)[C@@H]1O. The normalized spacial score (nSPS) is 22.4. The highest BCUT2D eigenvalue weighted by Gasteiger charge is 2.45. The summed E-state index contributed by atoms with van der Waals surface area (Å²) in [5.74, 6) is -1.34. The third-order valence-corrected chi connectivity index (χ3v) is 6.79. The van der Waals surface area contributed by atoms with Gasteiger partial charge >= 0.3 is 6.18 Å². The van der Waals surface area contributed by atoms with Gasteiger partial charge in [0.05, 0.1) is 39.5 Å². The monoisotopic (exact) mass is 510 g/mol. The van der Waals surface area contributed by atoms with E-state index >= 15 is 0 Å². The minimum atomic E-state index is -4.47. The van der Waals surface area contributed by atoms with Gasteiger partial charge in [-0.2, -0.15) is 18.2 Å². The molecule has 1 fully saturated rings. The molecule has 1 aliphatic carbocycles. The number of thiazole rings is 1. The lowest BCUT2D eigenvalue weighted by Crippen LogP contribution is -2.39. The Balaban J connectivity index is 1.71. The van der Waals surface area contributed by atoms with Crippen molar-refractivity contribution in [3.8, 4) is 10.6 Å². The first-order valence-corrected chi connectivity index (χ1v) is 11.8. The quantitative estimate of drug-likeness (QED) is 0.328. The number of carbonyl (C=O) groups excluding carboxylic acids is 1. The Bertz CT molecular complexity index is 1190. The highest BCUT2D eigenvalue weighted by atomic mass is 32.1. The van der Waals surface area contributed by atoms with Crippen LogP contribution in [-0.2, 0) is 4.79 Å². The number of rotatable bonds is 7. The topological polar surface area (TPSA) is 132 Å². The lowest BCUT2D eigenvalue weighted by atomic mass is 10.0. The number of hydrogen-bond acceptors (Lipinski definition) is 9. The van der Waals surface area contributed by atoms with E-state index in [2.05, 4.69) is 30.9 Å². The number of amides is 1. The highest BCUT2D eigenvalue weighted by Crippen LogP contribution is 2.38. The first kappa shape index (κ1) is 25.1. The van der Waals surface area contributed by atoms with Crippen LogP contribution in [0.15, 0.2) is 24.3 Å². The van der Waals surface area contributed by atoms with Crippen molar-refractivity contribution in [3.63, 3.8) is 0 Å². The van der Waals surface area contributed by atoms with E-state index in [1.54, 1.807) is 13.8 Å². The van der Waals surface area contributed by atoms with Gasteiger partial charge in [-0.15, -0.1) is 11.3 Å². The number of anilines is 2. The van der Waals surface area contributed by atoms with Crippen molar-refractivity contribution in [2.45, 2.75) is 44.7 Å². The zero-order valence-corrected chi connectivity index (χ0v) is 19.7. The zero-order valence-electron chi connectivity index (χ0n) is 18.9. The Morgan fingerprint density at radius 3 is 2.60 bits per heavy atom. The molecule has 0 bridgehead atoms. The molecule has 3 aromatic rings. The Hall–Kier alpha value is -3.03. The van der Waals surface area contributed by atoms with Crippen molar-refractivity contribution >= 4 is 39.2 Å². The number of alkyl halides is 3. The largest absolute Gasteiger partial charge is 0.405 e. The Morgan fingerprint density at radius 2 is 1.91 bits per heavy atom. The standard InChI is InChI=1S/C22H25F3N6O3S/c1-3-26-19(34)11-8-13(17(33)16(11)32)29-18-15(20-30-12-6-4-5-7-14(12)35-20)10(2)28-21(31-18)27-9-22(23,24)25/h4-7,11,13,16-17,32-33H,3,8-9H2,1-2H3,(H,26,34)(H2,27,28,29,31)/t11-,13+,16+,17-/m0/s1. The molecule has 0 saturated heterocycles. The van der Waals surface area contributed by atoms with Gasteiger partial charge in [0, 0.05) is 6.54 Å². The highest BCUT2D eigenvalue weighted by molar-refractivity contribution is 7.21. The molecule has 1 saturated carbocycles. The van der Waals surface area contributed by atoms with Crippen LogP contribution in [0.5, 0.6) is 0 Å². The summed E-state index contributed by atoms with van der Waals surface area (Å²) in [4.78, 5) is 25.4. The smallest absolute Gasteiger partial charge is 0.390 e. The maximum atomic E-state index is 12.8. The number of aromatic nitrogens is 3. The first-order valence-electron chi connectivity index (χ1n) is 11.0. The summed E-state index contributed by atoms with van der Waals surface area (Å²) >= 11 is 1.37. The lowest BCUT2D eigenvalue weighted by molar-refractivity contribution is -0.128. The molecule has 4 atom stereocenters. The van der Waals surface area contributed by atoms with E-state index in [1.165, 1.54) is 11.3 Å². The van der Waals surface area contributed by atoms with Crippen LogP contribution >= 0.6 is 11.3 Å². The van der Waals surface area contributed by atoms with Gasteiger partial charge in [0.25, 0.3) is 0 Å². The Labute approximate surface area is 202 Å². The lowest BCUT2D eigenvalue weighted by Gasteiger charge is -2.21. The van der Waals surface area contributed by atoms with E-state index in [1.807, 2.05) is 24.3 Å². The summed E-state index contributed by atoms with van der Waals surface area (Å²) in [7, 11) is 0. The van der Waals surface area contributed by atoms with Crippen molar-refractivity contribution in [1.29, 1.82) is 0 Å². The number of fused-ring (bicyclic) bond motifs is 1. The van der Waals surface area contributed by atoms with Crippen LogP contribution in [0.2, 0.25) is 0 Å². The summed E-state index contributed by atoms with van der Waals surface area (Å²) in [6.45, 7) is 2.42. The van der Waals surface area contributed by atoms with Crippen LogP contribution < -0.4 is 16.0 Å². The molecule has 1 aromatic carbocycles. The fraction of sp³-hybridized carbons (Fsp3) is 0.455. The number of carbonyl (C=O) groups is 1. The molecule has 5 N–H and O–H groups in total. The number of nitrogens with zero attached hydrogens (tertiary/aromatic N) is 3. The van der Waals surface area contributed by atoms with Gasteiger partial charge < -0.3 is 26.2 Å². The number of nitrogens with one attached hydrogen (secondary N) is 3. The summed E-state index contributed by atoms with van der Waals surface area (Å²) in [6, 6.07) is 6.67. The van der Waals surface area contributed by atoms with Gasteiger partial charge in [-0.05, 0) is 32.4 Å². The summed E-state index contributed by atoms with van der Waals surface area (Å²) in [6.07, 6.45) is -6.98. The molecular formula is C22H25F3N6O3S. The maximum Gasteiger partial charge on any atom is 0.405 e. The molecule has 35 heavy (non-hydrogen) atoms. The number of benzene rings is 1.